The molecule has 1 unspecified atom stereocenters. The summed E-state index contributed by atoms with van der Waals surface area (Å²) in [5.74, 6) is 0.0597. The van der Waals surface area contributed by atoms with Crippen LogP contribution in [-0.4, -0.2) is 12.1 Å². The topological polar surface area (TPSA) is 26.3 Å². The monoisotopic (exact) mass is 563 g/mol. The Kier molecular flexibility index (Phi) is 33.7. The van der Waals surface area contributed by atoms with Crippen LogP contribution in [0.4, 0.5) is 0 Å². The largest absolute Gasteiger partial charge is 0.462 e. The van der Waals surface area contributed by atoms with E-state index in [1.54, 1.807) is 0 Å². The number of allylic oxidation sites excluding steroid dienone is 2. The molecule has 238 valence electrons. The quantitative estimate of drug-likeness (QED) is 0.0451. The van der Waals surface area contributed by atoms with E-state index in [0.717, 1.165) is 19.3 Å². The molecule has 0 fully saturated rings. The van der Waals surface area contributed by atoms with E-state index in [4.69, 9.17) is 4.74 Å². The summed E-state index contributed by atoms with van der Waals surface area (Å²) in [6.07, 6.45) is 44.6. The van der Waals surface area contributed by atoms with Crippen molar-refractivity contribution in [2.24, 2.45) is 0 Å². The van der Waals surface area contributed by atoms with Crippen LogP contribution in [0.3, 0.4) is 0 Å². The first-order valence-electron chi connectivity index (χ1n) is 18.6. The number of carbonyl (C=O) groups excluding carboxylic acids is 1. The second kappa shape index (κ2) is 34.4. The standard InChI is InChI=1S/C38H74O2/c1-4-7-10-13-15-16-17-18-19-20-21-22-23-24-25-26-28-30-33-36-38(39)40-37(34-31-12-9-6-3)35-32-29-27-14-11-8-5-2/h18-19,37H,4-17,20-36H2,1-3H3/b19-18-. The summed E-state index contributed by atoms with van der Waals surface area (Å²) in [4.78, 5) is 12.5. The van der Waals surface area contributed by atoms with Crippen LogP contribution >= 0.6 is 0 Å². The van der Waals surface area contributed by atoms with Crippen LogP contribution in [0.1, 0.15) is 220 Å². The van der Waals surface area contributed by atoms with Crippen molar-refractivity contribution in [3.8, 4) is 0 Å². The van der Waals surface area contributed by atoms with Crippen molar-refractivity contribution in [3.05, 3.63) is 12.2 Å². The molecule has 0 saturated carbocycles. The fourth-order valence-electron chi connectivity index (χ4n) is 5.68. The number of rotatable bonds is 33. The van der Waals surface area contributed by atoms with Crippen LogP contribution in [0, 0.1) is 0 Å². The van der Waals surface area contributed by atoms with Gasteiger partial charge in [-0.2, -0.15) is 0 Å². The average Bonchev–Trinajstić information content (AvgIpc) is 2.95. The van der Waals surface area contributed by atoms with Crippen molar-refractivity contribution >= 4 is 5.97 Å². The zero-order chi connectivity index (χ0) is 29.2. The van der Waals surface area contributed by atoms with Crippen LogP contribution in [-0.2, 0) is 9.53 Å². The maximum atomic E-state index is 12.5. The van der Waals surface area contributed by atoms with Gasteiger partial charge in [0.15, 0.2) is 0 Å². The van der Waals surface area contributed by atoms with Crippen molar-refractivity contribution in [1.82, 2.24) is 0 Å². The number of unbranched alkanes of at least 4 members (excludes halogenated alkanes) is 24. The molecule has 0 spiro atoms. The van der Waals surface area contributed by atoms with Crippen LogP contribution < -0.4 is 0 Å². The highest BCUT2D eigenvalue weighted by atomic mass is 16.5. The smallest absolute Gasteiger partial charge is 0.306 e. The Bertz CT molecular complexity index is 512. The molecule has 0 amide bonds. The summed E-state index contributed by atoms with van der Waals surface area (Å²) in [6.45, 7) is 6.82. The van der Waals surface area contributed by atoms with Gasteiger partial charge in [0.2, 0.25) is 0 Å². The van der Waals surface area contributed by atoms with Crippen molar-refractivity contribution in [3.63, 3.8) is 0 Å². The van der Waals surface area contributed by atoms with E-state index in [9.17, 15) is 4.79 Å². The van der Waals surface area contributed by atoms with E-state index in [2.05, 4.69) is 32.9 Å². The molecule has 1 atom stereocenters. The number of esters is 1. The molecule has 0 bridgehead atoms. The SMILES string of the molecule is CCCCCCCC/C=C\CCCCCCCCCCCC(=O)OC(CCCCCC)CCCCCCCCC. The first kappa shape index (κ1) is 39.2. The molecule has 0 aromatic heterocycles. The van der Waals surface area contributed by atoms with Gasteiger partial charge in [0.25, 0.3) is 0 Å². The van der Waals surface area contributed by atoms with Gasteiger partial charge >= 0.3 is 5.97 Å². The molecule has 0 aromatic rings. The number of hydrogen-bond acceptors (Lipinski definition) is 2. The highest BCUT2D eigenvalue weighted by Crippen LogP contribution is 2.18. The van der Waals surface area contributed by atoms with Crippen LogP contribution in [0.5, 0.6) is 0 Å². The maximum Gasteiger partial charge on any atom is 0.306 e. The van der Waals surface area contributed by atoms with Crippen LogP contribution in [0.25, 0.3) is 0 Å². The minimum absolute atomic E-state index is 0.0597. The van der Waals surface area contributed by atoms with Gasteiger partial charge in [-0.25, -0.2) is 0 Å². The Balaban J connectivity index is 3.66. The normalized spacial score (nSPS) is 12.4. The van der Waals surface area contributed by atoms with Gasteiger partial charge in [-0.15, -0.1) is 0 Å². The average molecular weight is 563 g/mol. The molecular weight excluding hydrogens is 488 g/mol. The number of ether oxygens (including phenoxy) is 1. The first-order chi connectivity index (χ1) is 19.7. The van der Waals surface area contributed by atoms with Gasteiger partial charge in [0.1, 0.15) is 6.10 Å². The number of hydrogen-bond donors (Lipinski definition) is 0. The van der Waals surface area contributed by atoms with Gasteiger partial charge in [-0.1, -0.05) is 168 Å². The molecule has 0 aromatic carbocycles. The molecule has 0 saturated heterocycles. The minimum Gasteiger partial charge on any atom is -0.462 e. The third-order valence-electron chi connectivity index (χ3n) is 8.45. The lowest BCUT2D eigenvalue weighted by Crippen LogP contribution is -2.18. The zero-order valence-corrected chi connectivity index (χ0v) is 28.0. The van der Waals surface area contributed by atoms with E-state index >= 15 is 0 Å². The van der Waals surface area contributed by atoms with E-state index in [1.807, 2.05) is 0 Å². The van der Waals surface area contributed by atoms with Crippen LogP contribution in [0.15, 0.2) is 12.2 Å². The van der Waals surface area contributed by atoms with E-state index in [1.165, 1.54) is 173 Å². The Labute approximate surface area is 253 Å². The van der Waals surface area contributed by atoms with Gasteiger partial charge in [0.05, 0.1) is 0 Å². The second-order valence-corrected chi connectivity index (χ2v) is 12.6. The second-order valence-electron chi connectivity index (χ2n) is 12.6. The Hall–Kier alpha value is -0.790. The fourth-order valence-corrected chi connectivity index (χ4v) is 5.68. The lowest BCUT2D eigenvalue weighted by atomic mass is 10.0. The van der Waals surface area contributed by atoms with Crippen molar-refractivity contribution in [2.75, 3.05) is 0 Å². The lowest BCUT2D eigenvalue weighted by Gasteiger charge is -2.18. The molecule has 40 heavy (non-hydrogen) atoms. The zero-order valence-electron chi connectivity index (χ0n) is 28.0. The molecule has 2 nitrogen and oxygen atoms in total. The van der Waals surface area contributed by atoms with Crippen molar-refractivity contribution in [2.45, 2.75) is 226 Å². The molecule has 0 aliphatic rings. The van der Waals surface area contributed by atoms with E-state index < -0.39 is 0 Å². The summed E-state index contributed by atoms with van der Waals surface area (Å²) in [7, 11) is 0. The molecule has 0 N–H and O–H groups in total. The van der Waals surface area contributed by atoms with E-state index in [0.29, 0.717) is 6.42 Å². The summed E-state index contributed by atoms with van der Waals surface area (Å²) in [6, 6.07) is 0. The van der Waals surface area contributed by atoms with Crippen molar-refractivity contribution < 1.29 is 9.53 Å². The van der Waals surface area contributed by atoms with Gasteiger partial charge in [0, 0.05) is 6.42 Å². The van der Waals surface area contributed by atoms with Crippen LogP contribution in [0.2, 0.25) is 0 Å². The van der Waals surface area contributed by atoms with E-state index in [-0.39, 0.29) is 12.1 Å². The van der Waals surface area contributed by atoms with Gasteiger partial charge in [-0.3, -0.25) is 4.79 Å². The first-order valence-corrected chi connectivity index (χ1v) is 18.6. The maximum absolute atomic E-state index is 12.5. The molecule has 0 aliphatic carbocycles. The molecule has 0 radical (unpaired) electrons. The fraction of sp³-hybridized carbons (Fsp3) is 0.921. The van der Waals surface area contributed by atoms with Gasteiger partial charge in [-0.05, 0) is 57.8 Å². The molecular formula is C38H74O2. The predicted octanol–water partition coefficient (Wildman–Crippen LogP) is 13.6. The highest BCUT2D eigenvalue weighted by molar-refractivity contribution is 5.69. The van der Waals surface area contributed by atoms with Crippen molar-refractivity contribution in [1.29, 1.82) is 0 Å². The third kappa shape index (κ3) is 31.7. The minimum atomic E-state index is 0.0597. The Morgan fingerprint density at radius 2 is 0.775 bits per heavy atom. The lowest BCUT2D eigenvalue weighted by molar-refractivity contribution is -0.150. The Morgan fingerprint density at radius 1 is 0.450 bits per heavy atom. The molecule has 0 heterocycles. The molecule has 0 aliphatic heterocycles. The summed E-state index contributed by atoms with van der Waals surface area (Å²) in [5, 5.41) is 0. The predicted molar refractivity (Wildman–Crippen MR) is 179 cm³/mol. The highest BCUT2D eigenvalue weighted by Gasteiger charge is 2.14. The molecule has 2 heteroatoms. The third-order valence-corrected chi connectivity index (χ3v) is 8.45. The number of carbonyl (C=O) groups is 1. The summed E-state index contributed by atoms with van der Waals surface area (Å²) < 4.78 is 5.97. The molecule has 0 rings (SSSR count). The summed E-state index contributed by atoms with van der Waals surface area (Å²) in [5.41, 5.74) is 0. The Morgan fingerprint density at radius 3 is 1.20 bits per heavy atom. The van der Waals surface area contributed by atoms with Gasteiger partial charge < -0.3 is 4.74 Å². The summed E-state index contributed by atoms with van der Waals surface area (Å²) >= 11 is 0.